The molecule has 1 aliphatic rings. The Labute approximate surface area is 109 Å². The summed E-state index contributed by atoms with van der Waals surface area (Å²) in [4.78, 5) is 20.9. The fourth-order valence-corrected chi connectivity index (χ4v) is 3.04. The van der Waals surface area contributed by atoms with Crippen LogP contribution in [0.1, 0.15) is 12.1 Å². The fourth-order valence-electron chi connectivity index (χ4n) is 1.48. The van der Waals surface area contributed by atoms with Crippen LogP contribution in [-0.2, 0) is 26.1 Å². The highest BCUT2D eigenvalue weighted by Crippen LogP contribution is 2.17. The van der Waals surface area contributed by atoms with Gasteiger partial charge >= 0.3 is 0 Å². The van der Waals surface area contributed by atoms with Gasteiger partial charge in [0.15, 0.2) is 5.13 Å². The minimum absolute atomic E-state index is 0.113. The number of sulfonamides is 1. The zero-order valence-corrected chi connectivity index (χ0v) is 11.4. The molecule has 1 N–H and O–H groups in total. The number of hydrogen-bond acceptors (Lipinski definition) is 6. The van der Waals surface area contributed by atoms with E-state index >= 15 is 0 Å². The van der Waals surface area contributed by atoms with E-state index in [1.54, 1.807) is 5.38 Å². The lowest BCUT2D eigenvalue weighted by Gasteiger charge is -2.12. The Balaban J connectivity index is 1.96. The van der Waals surface area contributed by atoms with Gasteiger partial charge in [-0.15, -0.1) is 11.3 Å². The van der Waals surface area contributed by atoms with E-state index in [1.165, 1.54) is 5.06 Å². The second kappa shape index (κ2) is 5.21. The van der Waals surface area contributed by atoms with E-state index in [4.69, 9.17) is 4.84 Å². The van der Waals surface area contributed by atoms with E-state index < -0.39 is 10.0 Å². The average molecular weight is 291 g/mol. The second-order valence-electron chi connectivity index (χ2n) is 3.88. The predicted octanol–water partition coefficient (Wildman–Crippen LogP) is 0.221. The molecule has 0 bridgehead atoms. The number of carbonyl (C=O) groups excluding carboxylic acids is 1. The number of carbonyl (C=O) groups is 1. The van der Waals surface area contributed by atoms with Gasteiger partial charge in [0.05, 0.1) is 31.5 Å². The van der Waals surface area contributed by atoms with Crippen molar-refractivity contribution < 1.29 is 18.0 Å². The quantitative estimate of drug-likeness (QED) is 0.857. The monoisotopic (exact) mass is 291 g/mol. The first-order valence-corrected chi connectivity index (χ1v) is 8.06. The van der Waals surface area contributed by atoms with Gasteiger partial charge in [0.2, 0.25) is 10.0 Å². The number of nitrogens with one attached hydrogen (secondary N) is 1. The van der Waals surface area contributed by atoms with Crippen molar-refractivity contribution in [1.29, 1.82) is 0 Å². The maximum absolute atomic E-state index is 11.7. The van der Waals surface area contributed by atoms with E-state index in [9.17, 15) is 13.2 Å². The lowest BCUT2D eigenvalue weighted by molar-refractivity contribution is -0.167. The molecule has 1 amide bonds. The Morgan fingerprint density at radius 2 is 2.44 bits per heavy atom. The topological polar surface area (TPSA) is 88.6 Å². The average Bonchev–Trinajstić information content (AvgIpc) is 2.86. The maximum Gasteiger partial charge on any atom is 0.252 e. The van der Waals surface area contributed by atoms with Gasteiger partial charge in [-0.25, -0.2) is 18.5 Å². The molecule has 1 aromatic rings. The molecule has 0 saturated carbocycles. The van der Waals surface area contributed by atoms with Crippen molar-refractivity contribution in [2.45, 2.75) is 12.8 Å². The Morgan fingerprint density at radius 3 is 3.06 bits per heavy atom. The van der Waals surface area contributed by atoms with Gasteiger partial charge in [0.1, 0.15) is 0 Å². The number of amides is 1. The molecule has 1 aliphatic heterocycles. The zero-order valence-electron chi connectivity index (χ0n) is 9.75. The van der Waals surface area contributed by atoms with Crippen molar-refractivity contribution in [2.75, 3.05) is 24.1 Å². The summed E-state index contributed by atoms with van der Waals surface area (Å²) in [6.07, 6.45) is 2.00. The lowest BCUT2D eigenvalue weighted by Crippen LogP contribution is -2.28. The molecule has 1 fully saturated rings. The maximum atomic E-state index is 11.7. The summed E-state index contributed by atoms with van der Waals surface area (Å²) in [5.41, 5.74) is 0.534. The number of hydrogen-bond donors (Lipinski definition) is 1. The summed E-state index contributed by atoms with van der Waals surface area (Å²) >= 11 is 1.15. The number of hydroxylamine groups is 2. The molecular formula is C9H13N3O4S2. The van der Waals surface area contributed by atoms with Crippen LogP contribution >= 0.6 is 11.3 Å². The Bertz CT molecular complexity index is 534. The molecule has 0 unspecified atom stereocenters. The molecule has 100 valence electrons. The molecule has 1 saturated heterocycles. The molecule has 18 heavy (non-hydrogen) atoms. The number of nitrogens with zero attached hydrogens (tertiary/aromatic N) is 2. The molecule has 0 spiro atoms. The highest BCUT2D eigenvalue weighted by molar-refractivity contribution is 7.92. The van der Waals surface area contributed by atoms with E-state index in [2.05, 4.69) is 9.71 Å². The van der Waals surface area contributed by atoms with Crippen LogP contribution < -0.4 is 4.72 Å². The molecule has 2 rings (SSSR count). The van der Waals surface area contributed by atoms with Crippen molar-refractivity contribution in [2.24, 2.45) is 0 Å². The molecule has 0 atom stereocenters. The van der Waals surface area contributed by atoms with E-state index in [0.717, 1.165) is 24.0 Å². The van der Waals surface area contributed by atoms with Crippen molar-refractivity contribution in [3.05, 3.63) is 11.1 Å². The van der Waals surface area contributed by atoms with Gasteiger partial charge in [-0.3, -0.25) is 14.4 Å². The SMILES string of the molecule is CS(=O)(=O)Nc1nc(CC(=O)N2CCCO2)cs1. The lowest BCUT2D eigenvalue weighted by atomic mass is 10.3. The van der Waals surface area contributed by atoms with Crippen LogP contribution in [0.25, 0.3) is 0 Å². The summed E-state index contributed by atoms with van der Waals surface area (Å²) < 4.78 is 24.3. The molecular weight excluding hydrogens is 278 g/mol. The molecule has 0 aromatic carbocycles. The van der Waals surface area contributed by atoms with E-state index in [-0.39, 0.29) is 17.5 Å². The highest BCUT2D eigenvalue weighted by atomic mass is 32.2. The van der Waals surface area contributed by atoms with Crippen molar-refractivity contribution in [1.82, 2.24) is 10.0 Å². The van der Waals surface area contributed by atoms with Gasteiger partial charge in [-0.1, -0.05) is 0 Å². The molecule has 0 radical (unpaired) electrons. The predicted molar refractivity (Wildman–Crippen MR) is 66.6 cm³/mol. The third kappa shape index (κ3) is 3.65. The number of aromatic nitrogens is 1. The van der Waals surface area contributed by atoms with Crippen LogP contribution in [0.15, 0.2) is 5.38 Å². The van der Waals surface area contributed by atoms with Crippen LogP contribution in [0.2, 0.25) is 0 Å². The van der Waals surface area contributed by atoms with Gasteiger partial charge in [-0.05, 0) is 6.42 Å². The summed E-state index contributed by atoms with van der Waals surface area (Å²) in [6, 6.07) is 0. The van der Waals surface area contributed by atoms with E-state index in [1.807, 2.05) is 0 Å². The fraction of sp³-hybridized carbons (Fsp3) is 0.556. The summed E-state index contributed by atoms with van der Waals surface area (Å²) in [7, 11) is -3.33. The second-order valence-corrected chi connectivity index (χ2v) is 6.48. The zero-order chi connectivity index (χ0) is 13.2. The molecule has 9 heteroatoms. The first-order valence-electron chi connectivity index (χ1n) is 5.29. The molecule has 1 aromatic heterocycles. The number of anilines is 1. The van der Waals surface area contributed by atoms with Crippen LogP contribution in [-0.4, -0.2) is 43.8 Å². The van der Waals surface area contributed by atoms with Crippen LogP contribution in [0.3, 0.4) is 0 Å². The van der Waals surface area contributed by atoms with Crippen molar-refractivity contribution in [3.8, 4) is 0 Å². The summed E-state index contributed by atoms with van der Waals surface area (Å²) in [5.74, 6) is -0.163. The van der Waals surface area contributed by atoms with Gasteiger partial charge < -0.3 is 0 Å². The Hall–Kier alpha value is -1.19. The minimum atomic E-state index is -3.33. The first-order chi connectivity index (χ1) is 8.44. The Kier molecular flexibility index (Phi) is 3.83. The first kappa shape index (κ1) is 13.2. The van der Waals surface area contributed by atoms with E-state index in [0.29, 0.717) is 18.8 Å². The number of thiazole rings is 1. The molecule has 7 nitrogen and oxygen atoms in total. The minimum Gasteiger partial charge on any atom is -0.272 e. The largest absolute Gasteiger partial charge is 0.272 e. The van der Waals surface area contributed by atoms with Gasteiger partial charge in [-0.2, -0.15) is 0 Å². The summed E-state index contributed by atoms with van der Waals surface area (Å²) in [6.45, 7) is 1.15. The third-order valence-corrected chi connectivity index (χ3v) is 3.69. The van der Waals surface area contributed by atoms with Gasteiger partial charge in [0.25, 0.3) is 5.91 Å². The third-order valence-electron chi connectivity index (χ3n) is 2.19. The van der Waals surface area contributed by atoms with Crippen LogP contribution in [0.5, 0.6) is 0 Å². The smallest absolute Gasteiger partial charge is 0.252 e. The van der Waals surface area contributed by atoms with Crippen molar-refractivity contribution >= 4 is 32.4 Å². The highest BCUT2D eigenvalue weighted by Gasteiger charge is 2.20. The van der Waals surface area contributed by atoms with Gasteiger partial charge in [0, 0.05) is 5.38 Å². The molecule has 0 aliphatic carbocycles. The number of rotatable bonds is 4. The summed E-state index contributed by atoms with van der Waals surface area (Å²) in [5, 5.41) is 3.24. The van der Waals surface area contributed by atoms with Crippen LogP contribution in [0, 0.1) is 0 Å². The normalized spacial score (nSPS) is 15.9. The Morgan fingerprint density at radius 1 is 1.67 bits per heavy atom. The van der Waals surface area contributed by atoms with Crippen LogP contribution in [0.4, 0.5) is 5.13 Å². The van der Waals surface area contributed by atoms with Crippen molar-refractivity contribution in [3.63, 3.8) is 0 Å². The molecule has 2 heterocycles. The standard InChI is InChI=1S/C9H13N3O4S2/c1-18(14,15)11-9-10-7(6-17-9)5-8(13)12-3-2-4-16-12/h6H,2-5H2,1H3,(H,10,11).